The Morgan fingerprint density at radius 2 is 1.86 bits per heavy atom. The lowest BCUT2D eigenvalue weighted by Crippen LogP contribution is -2.12. The molecular formula is C21H19N5O2. The van der Waals surface area contributed by atoms with Crippen molar-refractivity contribution in [2.75, 3.05) is 5.32 Å². The Bertz CT molecular complexity index is 1140. The lowest BCUT2D eigenvalue weighted by atomic mass is 10.1. The van der Waals surface area contributed by atoms with Crippen LogP contribution in [0.4, 0.5) is 11.6 Å². The van der Waals surface area contributed by atoms with Gasteiger partial charge in [0.25, 0.3) is 5.91 Å². The summed E-state index contributed by atoms with van der Waals surface area (Å²) in [6, 6.07) is 15.4. The molecule has 0 aliphatic heterocycles. The molecule has 140 valence electrons. The lowest BCUT2D eigenvalue weighted by Gasteiger charge is -2.09. The highest BCUT2D eigenvalue weighted by Gasteiger charge is 2.09. The number of aryl methyl sites for hydroxylation is 2. The van der Waals surface area contributed by atoms with E-state index in [2.05, 4.69) is 19.9 Å². The van der Waals surface area contributed by atoms with Crippen LogP contribution < -0.4 is 11.1 Å². The maximum atomic E-state index is 11.1. The maximum Gasteiger partial charge on any atom is 0.251 e. The number of nitrogens with one attached hydrogen (secondary N) is 1. The summed E-state index contributed by atoms with van der Waals surface area (Å²) in [5, 5.41) is 14.2. The molecule has 1 amide bonds. The van der Waals surface area contributed by atoms with Crippen molar-refractivity contribution in [3.8, 4) is 5.75 Å². The molecule has 0 aliphatic carbocycles. The van der Waals surface area contributed by atoms with E-state index >= 15 is 0 Å². The van der Waals surface area contributed by atoms with Crippen LogP contribution in [0.1, 0.15) is 15.9 Å². The molecule has 0 unspecified atom stereocenters. The minimum Gasteiger partial charge on any atom is -0.508 e. The van der Waals surface area contributed by atoms with Crippen LogP contribution in [0, 0.1) is 0 Å². The zero-order valence-electron chi connectivity index (χ0n) is 15.0. The van der Waals surface area contributed by atoms with Crippen LogP contribution in [0.2, 0.25) is 0 Å². The van der Waals surface area contributed by atoms with Crippen molar-refractivity contribution < 1.29 is 9.90 Å². The first kappa shape index (κ1) is 17.5. The molecule has 4 N–H and O–H groups in total. The van der Waals surface area contributed by atoms with E-state index in [1.807, 2.05) is 48.7 Å². The molecule has 0 radical (unpaired) electrons. The zero-order valence-corrected chi connectivity index (χ0v) is 15.0. The number of anilines is 2. The van der Waals surface area contributed by atoms with E-state index in [0.29, 0.717) is 11.7 Å². The van der Waals surface area contributed by atoms with Gasteiger partial charge in [0.1, 0.15) is 5.75 Å². The van der Waals surface area contributed by atoms with Crippen LogP contribution in [0.15, 0.2) is 67.1 Å². The molecule has 0 saturated heterocycles. The monoisotopic (exact) mass is 373 g/mol. The van der Waals surface area contributed by atoms with Gasteiger partial charge < -0.3 is 20.7 Å². The fourth-order valence-corrected chi connectivity index (χ4v) is 3.13. The third-order valence-electron chi connectivity index (χ3n) is 4.61. The number of rotatable bonds is 6. The second kappa shape index (κ2) is 7.40. The summed E-state index contributed by atoms with van der Waals surface area (Å²) in [4.78, 5) is 19.4. The Hall–Kier alpha value is -3.87. The molecule has 4 rings (SSSR count). The van der Waals surface area contributed by atoms with Crippen molar-refractivity contribution in [1.82, 2.24) is 14.5 Å². The molecule has 0 saturated carbocycles. The first-order chi connectivity index (χ1) is 13.6. The number of phenols is 1. The SMILES string of the molecule is NC(=O)c1cnc(Nc2cccc3c2ccn3CCc2ccccc2O)nc1. The molecule has 0 aliphatic rings. The van der Waals surface area contributed by atoms with Crippen molar-refractivity contribution in [3.63, 3.8) is 0 Å². The van der Waals surface area contributed by atoms with Gasteiger partial charge in [0, 0.05) is 30.5 Å². The van der Waals surface area contributed by atoms with Crippen LogP contribution in [0.3, 0.4) is 0 Å². The van der Waals surface area contributed by atoms with E-state index < -0.39 is 5.91 Å². The topological polar surface area (TPSA) is 106 Å². The van der Waals surface area contributed by atoms with Gasteiger partial charge in [-0.15, -0.1) is 0 Å². The second-order valence-corrected chi connectivity index (χ2v) is 6.41. The van der Waals surface area contributed by atoms with Crippen molar-refractivity contribution in [2.45, 2.75) is 13.0 Å². The number of hydrogen-bond acceptors (Lipinski definition) is 5. The summed E-state index contributed by atoms with van der Waals surface area (Å²) >= 11 is 0. The number of nitrogens with two attached hydrogens (primary N) is 1. The van der Waals surface area contributed by atoms with Crippen LogP contribution >= 0.6 is 0 Å². The average Bonchev–Trinajstić information content (AvgIpc) is 3.12. The standard InChI is InChI=1S/C21H19N5O2/c22-20(28)15-12-23-21(24-13-15)25-17-5-3-6-18-16(17)9-11-26(18)10-8-14-4-1-2-7-19(14)27/h1-7,9,11-13,27H,8,10H2,(H2,22,28)(H,23,24,25). The lowest BCUT2D eigenvalue weighted by molar-refractivity contribution is 0.0999. The quantitative estimate of drug-likeness (QED) is 0.481. The molecule has 7 nitrogen and oxygen atoms in total. The summed E-state index contributed by atoms with van der Waals surface area (Å²) in [6.07, 6.45) is 5.54. The minimum absolute atomic E-state index is 0.263. The van der Waals surface area contributed by atoms with Crippen molar-refractivity contribution in [1.29, 1.82) is 0 Å². The molecule has 7 heteroatoms. The van der Waals surface area contributed by atoms with Crippen LogP contribution in [-0.4, -0.2) is 25.5 Å². The molecule has 0 spiro atoms. The number of primary amides is 1. The van der Waals surface area contributed by atoms with Gasteiger partial charge in [-0.1, -0.05) is 24.3 Å². The van der Waals surface area contributed by atoms with E-state index in [-0.39, 0.29) is 5.56 Å². The number of aromatic nitrogens is 3. The highest BCUT2D eigenvalue weighted by Crippen LogP contribution is 2.27. The summed E-state index contributed by atoms with van der Waals surface area (Å²) < 4.78 is 2.14. The molecule has 28 heavy (non-hydrogen) atoms. The molecule has 2 aromatic carbocycles. The number of benzene rings is 2. The van der Waals surface area contributed by atoms with Gasteiger partial charge in [-0.3, -0.25) is 4.79 Å². The molecule has 2 aromatic heterocycles. The largest absolute Gasteiger partial charge is 0.508 e. The molecular weight excluding hydrogens is 354 g/mol. The van der Waals surface area contributed by atoms with Gasteiger partial charge in [-0.25, -0.2) is 9.97 Å². The van der Waals surface area contributed by atoms with Crippen LogP contribution in [0.25, 0.3) is 10.9 Å². The Morgan fingerprint density at radius 1 is 1.07 bits per heavy atom. The highest BCUT2D eigenvalue weighted by atomic mass is 16.3. The van der Waals surface area contributed by atoms with Crippen LogP contribution in [-0.2, 0) is 13.0 Å². The highest BCUT2D eigenvalue weighted by molar-refractivity contribution is 5.94. The van der Waals surface area contributed by atoms with E-state index in [4.69, 9.17) is 5.73 Å². The van der Waals surface area contributed by atoms with Gasteiger partial charge in [0.2, 0.25) is 5.95 Å². The van der Waals surface area contributed by atoms with E-state index in [1.54, 1.807) is 6.07 Å². The predicted molar refractivity (Wildman–Crippen MR) is 108 cm³/mol. The average molecular weight is 373 g/mol. The third kappa shape index (κ3) is 3.50. The number of nitrogens with zero attached hydrogens (tertiary/aromatic N) is 3. The third-order valence-corrected chi connectivity index (χ3v) is 4.61. The Balaban J connectivity index is 1.56. The zero-order chi connectivity index (χ0) is 19.5. The maximum absolute atomic E-state index is 11.1. The fraction of sp³-hybridized carbons (Fsp3) is 0.0952. The van der Waals surface area contributed by atoms with E-state index in [0.717, 1.165) is 35.1 Å². The number of carbonyl (C=O) groups excluding carboxylic acids is 1. The first-order valence-electron chi connectivity index (χ1n) is 8.85. The Kier molecular flexibility index (Phi) is 4.63. The van der Waals surface area contributed by atoms with E-state index in [9.17, 15) is 9.90 Å². The number of amides is 1. The first-order valence-corrected chi connectivity index (χ1v) is 8.85. The summed E-state index contributed by atoms with van der Waals surface area (Å²) in [5.41, 5.74) is 8.33. The van der Waals surface area contributed by atoms with Gasteiger partial charge in [-0.2, -0.15) is 0 Å². The smallest absolute Gasteiger partial charge is 0.251 e. The van der Waals surface area contributed by atoms with Crippen molar-refractivity contribution in [2.24, 2.45) is 5.73 Å². The number of carbonyl (C=O) groups is 1. The predicted octanol–water partition coefficient (Wildman–Crippen LogP) is 3.22. The summed E-state index contributed by atoms with van der Waals surface area (Å²) in [7, 11) is 0. The van der Waals surface area contributed by atoms with Gasteiger partial charge in [0.05, 0.1) is 16.8 Å². The van der Waals surface area contributed by atoms with Crippen LogP contribution in [0.5, 0.6) is 5.75 Å². The normalized spacial score (nSPS) is 10.9. The van der Waals surface area contributed by atoms with Crippen molar-refractivity contribution >= 4 is 28.4 Å². The molecule has 0 fully saturated rings. The number of hydrogen-bond donors (Lipinski definition) is 3. The van der Waals surface area contributed by atoms with E-state index in [1.165, 1.54) is 12.4 Å². The Morgan fingerprint density at radius 3 is 2.61 bits per heavy atom. The van der Waals surface area contributed by atoms with Gasteiger partial charge in [0.15, 0.2) is 0 Å². The second-order valence-electron chi connectivity index (χ2n) is 6.41. The molecule has 4 aromatic rings. The summed E-state index contributed by atoms with van der Waals surface area (Å²) in [5.74, 6) is 0.146. The number of fused-ring (bicyclic) bond motifs is 1. The van der Waals surface area contributed by atoms with Gasteiger partial charge in [-0.05, 0) is 36.2 Å². The molecule has 0 atom stereocenters. The Labute approximate surface area is 161 Å². The van der Waals surface area contributed by atoms with Gasteiger partial charge >= 0.3 is 0 Å². The number of para-hydroxylation sites is 1. The fourth-order valence-electron chi connectivity index (χ4n) is 3.13. The molecule has 0 bridgehead atoms. The van der Waals surface area contributed by atoms with Crippen molar-refractivity contribution in [3.05, 3.63) is 78.2 Å². The number of aromatic hydroxyl groups is 1. The number of phenolic OH excluding ortho intramolecular Hbond substituents is 1. The summed E-state index contributed by atoms with van der Waals surface area (Å²) in [6.45, 7) is 0.744. The minimum atomic E-state index is -0.560. The molecule has 2 heterocycles.